The molecule has 6 nitrogen and oxygen atoms in total. The molecule has 0 atom stereocenters. The van der Waals surface area contributed by atoms with Gasteiger partial charge in [0.15, 0.2) is 5.82 Å². The fourth-order valence-corrected chi connectivity index (χ4v) is 4.62. The number of benzene rings is 2. The molecular weight excluding hydrogens is 400 g/mol. The Morgan fingerprint density at radius 2 is 1.62 bits per heavy atom. The third-order valence-electron chi connectivity index (χ3n) is 6.54. The SMILES string of the molecule is CC(=O)C1(c2ccccc2)CCN(C(=O)c2cc3cnc(-c4ccccc4)nc3[nH]2)CC1. The van der Waals surface area contributed by atoms with E-state index in [0.29, 0.717) is 43.1 Å². The molecule has 1 saturated heterocycles. The number of likely N-dealkylation sites (tertiary alicyclic amines) is 1. The second-order valence-corrected chi connectivity index (χ2v) is 8.34. The molecule has 2 aromatic carbocycles. The van der Waals surface area contributed by atoms with E-state index in [-0.39, 0.29) is 11.7 Å². The number of aromatic amines is 1. The maximum Gasteiger partial charge on any atom is 0.270 e. The number of nitrogens with zero attached hydrogens (tertiary/aromatic N) is 3. The highest BCUT2D eigenvalue weighted by Crippen LogP contribution is 2.37. The quantitative estimate of drug-likeness (QED) is 0.527. The van der Waals surface area contributed by atoms with E-state index in [0.717, 1.165) is 16.5 Å². The molecule has 32 heavy (non-hydrogen) atoms. The van der Waals surface area contributed by atoms with Gasteiger partial charge in [0.1, 0.15) is 17.1 Å². The molecular formula is C26H24N4O2. The van der Waals surface area contributed by atoms with Crippen molar-refractivity contribution in [2.24, 2.45) is 0 Å². The summed E-state index contributed by atoms with van der Waals surface area (Å²) in [7, 11) is 0. The molecule has 1 amide bonds. The van der Waals surface area contributed by atoms with Crippen LogP contribution in [0.3, 0.4) is 0 Å². The van der Waals surface area contributed by atoms with Crippen molar-refractivity contribution in [2.45, 2.75) is 25.2 Å². The van der Waals surface area contributed by atoms with Crippen LogP contribution in [0, 0.1) is 0 Å². The number of fused-ring (bicyclic) bond motifs is 1. The van der Waals surface area contributed by atoms with Crippen LogP contribution in [0.2, 0.25) is 0 Å². The van der Waals surface area contributed by atoms with Crippen molar-refractivity contribution in [1.29, 1.82) is 0 Å². The van der Waals surface area contributed by atoms with E-state index in [9.17, 15) is 9.59 Å². The lowest BCUT2D eigenvalue weighted by molar-refractivity contribution is -0.124. The van der Waals surface area contributed by atoms with Gasteiger partial charge in [-0.15, -0.1) is 0 Å². The fraction of sp³-hybridized carbons (Fsp3) is 0.231. The first-order chi connectivity index (χ1) is 15.6. The Hall–Kier alpha value is -3.80. The van der Waals surface area contributed by atoms with E-state index in [4.69, 9.17) is 0 Å². The molecule has 5 rings (SSSR count). The molecule has 1 N–H and O–H groups in total. The molecule has 3 heterocycles. The molecule has 0 spiro atoms. The Balaban J connectivity index is 1.36. The number of hydrogen-bond acceptors (Lipinski definition) is 4. The Morgan fingerprint density at radius 1 is 0.969 bits per heavy atom. The zero-order chi connectivity index (χ0) is 22.1. The minimum atomic E-state index is -0.519. The summed E-state index contributed by atoms with van der Waals surface area (Å²) in [6.45, 7) is 2.72. The molecule has 0 bridgehead atoms. The second-order valence-electron chi connectivity index (χ2n) is 8.34. The third-order valence-corrected chi connectivity index (χ3v) is 6.54. The predicted molar refractivity (Wildman–Crippen MR) is 123 cm³/mol. The van der Waals surface area contributed by atoms with Gasteiger partial charge >= 0.3 is 0 Å². The van der Waals surface area contributed by atoms with Crippen LogP contribution in [0.15, 0.2) is 72.9 Å². The Morgan fingerprint density at radius 3 is 2.28 bits per heavy atom. The van der Waals surface area contributed by atoms with E-state index < -0.39 is 5.41 Å². The van der Waals surface area contributed by atoms with Gasteiger partial charge in [0.2, 0.25) is 0 Å². The Kier molecular flexibility index (Phi) is 5.05. The maximum atomic E-state index is 13.2. The van der Waals surface area contributed by atoms with Crippen molar-refractivity contribution in [3.05, 3.63) is 84.2 Å². The minimum Gasteiger partial charge on any atom is -0.337 e. The average molecular weight is 425 g/mol. The van der Waals surface area contributed by atoms with Gasteiger partial charge < -0.3 is 9.88 Å². The smallest absolute Gasteiger partial charge is 0.270 e. The number of aromatic nitrogens is 3. The van der Waals surface area contributed by atoms with Crippen LogP contribution >= 0.6 is 0 Å². The highest BCUT2D eigenvalue weighted by atomic mass is 16.2. The Bertz CT molecular complexity index is 1270. The van der Waals surface area contributed by atoms with Crippen molar-refractivity contribution >= 4 is 22.7 Å². The van der Waals surface area contributed by atoms with Gasteiger partial charge in [-0.3, -0.25) is 9.59 Å². The summed E-state index contributed by atoms with van der Waals surface area (Å²) < 4.78 is 0. The lowest BCUT2D eigenvalue weighted by atomic mass is 9.70. The number of carbonyl (C=O) groups is 2. The zero-order valence-corrected chi connectivity index (χ0v) is 17.9. The van der Waals surface area contributed by atoms with Crippen molar-refractivity contribution in [3.63, 3.8) is 0 Å². The first kappa shape index (κ1) is 20.1. The number of amides is 1. The van der Waals surface area contributed by atoms with Gasteiger partial charge in [0.05, 0.1) is 5.41 Å². The van der Waals surface area contributed by atoms with Crippen molar-refractivity contribution in [2.75, 3.05) is 13.1 Å². The number of nitrogens with one attached hydrogen (secondary N) is 1. The van der Waals surface area contributed by atoms with E-state index in [1.165, 1.54) is 0 Å². The number of H-pyrrole nitrogens is 1. The van der Waals surface area contributed by atoms with Crippen LogP contribution in [-0.4, -0.2) is 44.6 Å². The molecule has 2 aromatic heterocycles. The van der Waals surface area contributed by atoms with E-state index >= 15 is 0 Å². The maximum absolute atomic E-state index is 13.2. The number of ketones is 1. The average Bonchev–Trinajstić information content (AvgIpc) is 3.28. The first-order valence-electron chi connectivity index (χ1n) is 10.8. The van der Waals surface area contributed by atoms with Crippen molar-refractivity contribution < 1.29 is 9.59 Å². The number of rotatable bonds is 4. The van der Waals surface area contributed by atoms with E-state index in [2.05, 4.69) is 15.0 Å². The van der Waals surface area contributed by atoms with Crippen LogP contribution in [0.25, 0.3) is 22.4 Å². The summed E-state index contributed by atoms with van der Waals surface area (Å²) >= 11 is 0. The van der Waals surface area contributed by atoms with Gasteiger partial charge in [0.25, 0.3) is 5.91 Å². The minimum absolute atomic E-state index is 0.0746. The highest BCUT2D eigenvalue weighted by Gasteiger charge is 2.41. The monoisotopic (exact) mass is 424 g/mol. The van der Waals surface area contributed by atoms with Gasteiger partial charge in [-0.25, -0.2) is 9.97 Å². The summed E-state index contributed by atoms with van der Waals surface area (Å²) in [5.41, 5.74) is 2.58. The summed E-state index contributed by atoms with van der Waals surface area (Å²) in [5, 5.41) is 0.799. The summed E-state index contributed by atoms with van der Waals surface area (Å²) in [5.74, 6) is 0.700. The number of Topliss-reactive ketones (excluding diaryl/α,β-unsaturated/α-hetero) is 1. The third kappa shape index (κ3) is 3.47. The van der Waals surface area contributed by atoms with Crippen LogP contribution in [0.5, 0.6) is 0 Å². The Labute approximate surface area is 186 Å². The summed E-state index contributed by atoms with van der Waals surface area (Å²) in [6.07, 6.45) is 2.98. The summed E-state index contributed by atoms with van der Waals surface area (Å²) in [4.78, 5) is 39.8. The standard InChI is InChI=1S/C26H24N4O2/c1-18(31)26(21-10-6-3-7-11-21)12-14-30(15-13-26)25(32)22-16-20-17-27-23(29-24(20)28-22)19-8-4-2-5-9-19/h2-11,16-17H,12-15H2,1H3,(H,27,28,29). The molecule has 0 unspecified atom stereocenters. The molecule has 160 valence electrons. The summed E-state index contributed by atoms with van der Waals surface area (Å²) in [6, 6.07) is 21.5. The van der Waals surface area contributed by atoms with E-state index in [1.807, 2.05) is 65.6 Å². The number of piperidine rings is 1. The van der Waals surface area contributed by atoms with E-state index in [1.54, 1.807) is 19.2 Å². The predicted octanol–water partition coefficient (Wildman–Crippen LogP) is 4.39. The zero-order valence-electron chi connectivity index (χ0n) is 17.9. The van der Waals surface area contributed by atoms with Crippen LogP contribution < -0.4 is 0 Å². The number of hydrogen-bond donors (Lipinski definition) is 1. The molecule has 4 aromatic rings. The van der Waals surface area contributed by atoms with Crippen LogP contribution in [-0.2, 0) is 10.2 Å². The highest BCUT2D eigenvalue weighted by molar-refractivity contribution is 5.97. The van der Waals surface area contributed by atoms with Gasteiger partial charge in [-0.2, -0.15) is 0 Å². The van der Waals surface area contributed by atoms with Crippen LogP contribution in [0.1, 0.15) is 35.8 Å². The van der Waals surface area contributed by atoms with Crippen molar-refractivity contribution in [3.8, 4) is 11.4 Å². The molecule has 0 aliphatic carbocycles. The molecule has 0 radical (unpaired) electrons. The molecule has 6 heteroatoms. The molecule has 1 aliphatic heterocycles. The lowest BCUT2D eigenvalue weighted by Crippen LogP contribution is -2.48. The number of carbonyl (C=O) groups excluding carboxylic acids is 2. The first-order valence-corrected chi connectivity index (χ1v) is 10.8. The van der Waals surface area contributed by atoms with Crippen molar-refractivity contribution in [1.82, 2.24) is 19.9 Å². The van der Waals surface area contributed by atoms with Gasteiger partial charge in [-0.05, 0) is 31.4 Å². The van der Waals surface area contributed by atoms with Gasteiger partial charge in [0, 0.05) is 30.2 Å². The molecule has 1 fully saturated rings. The normalized spacial score (nSPS) is 15.6. The largest absolute Gasteiger partial charge is 0.337 e. The second kappa shape index (κ2) is 8.04. The van der Waals surface area contributed by atoms with Gasteiger partial charge in [-0.1, -0.05) is 60.7 Å². The lowest BCUT2D eigenvalue weighted by Gasteiger charge is -2.40. The van der Waals surface area contributed by atoms with Crippen LogP contribution in [0.4, 0.5) is 0 Å². The topological polar surface area (TPSA) is 79.0 Å². The fourth-order valence-electron chi connectivity index (χ4n) is 4.62. The molecule has 0 saturated carbocycles. The molecule has 1 aliphatic rings.